The molecule has 0 spiro atoms. The van der Waals surface area contributed by atoms with Crippen LogP contribution in [0.15, 0.2) is 24.3 Å². The van der Waals surface area contributed by atoms with Gasteiger partial charge in [0.2, 0.25) is 0 Å². The second-order valence-electron chi connectivity index (χ2n) is 4.51. The van der Waals surface area contributed by atoms with Crippen LogP contribution < -0.4 is 10.2 Å². The van der Waals surface area contributed by atoms with Gasteiger partial charge in [0, 0.05) is 39.0 Å². The lowest BCUT2D eigenvalue weighted by Crippen LogP contribution is -2.30. The lowest BCUT2D eigenvalue weighted by atomic mass is 10.2. The Morgan fingerprint density at radius 2 is 2.00 bits per heavy atom. The average Bonchev–Trinajstić information content (AvgIpc) is 2.38. The topological polar surface area (TPSA) is 24.5 Å². The fraction of sp³-hybridized carbons (Fsp3) is 0.600. The van der Waals surface area contributed by atoms with Crippen molar-refractivity contribution in [2.75, 3.05) is 44.8 Å². The van der Waals surface area contributed by atoms with Crippen LogP contribution in [0.2, 0.25) is 0 Å². The van der Waals surface area contributed by atoms with Crippen LogP contribution in [0.3, 0.4) is 0 Å². The van der Waals surface area contributed by atoms with Gasteiger partial charge in [0.15, 0.2) is 0 Å². The minimum absolute atomic E-state index is 0.815. The molecule has 3 heteroatoms. The summed E-state index contributed by atoms with van der Waals surface area (Å²) in [5.74, 6) is 0. The Morgan fingerprint density at radius 1 is 1.22 bits per heavy atom. The van der Waals surface area contributed by atoms with Crippen molar-refractivity contribution in [1.29, 1.82) is 0 Å². The molecule has 1 rings (SSSR count). The van der Waals surface area contributed by atoms with E-state index < -0.39 is 0 Å². The summed E-state index contributed by atoms with van der Waals surface area (Å²) in [6.45, 7) is 8.93. The zero-order valence-corrected chi connectivity index (χ0v) is 11.9. The van der Waals surface area contributed by atoms with E-state index in [4.69, 9.17) is 4.74 Å². The fourth-order valence-electron chi connectivity index (χ4n) is 1.93. The van der Waals surface area contributed by atoms with E-state index in [1.54, 1.807) is 0 Å². The molecular formula is C15H26N2O. The molecule has 0 unspecified atom stereocenters. The highest BCUT2D eigenvalue weighted by Crippen LogP contribution is 2.16. The van der Waals surface area contributed by atoms with Crippen molar-refractivity contribution in [3.63, 3.8) is 0 Å². The fourth-order valence-corrected chi connectivity index (χ4v) is 1.93. The maximum atomic E-state index is 5.30. The minimum atomic E-state index is 0.815. The van der Waals surface area contributed by atoms with Gasteiger partial charge in [-0.15, -0.1) is 0 Å². The highest BCUT2D eigenvalue weighted by atomic mass is 16.5. The van der Waals surface area contributed by atoms with E-state index in [1.807, 2.05) is 6.92 Å². The Kier molecular flexibility index (Phi) is 7.46. The Labute approximate surface area is 111 Å². The number of aryl methyl sites for hydroxylation is 1. The normalized spacial score (nSPS) is 10.6. The van der Waals surface area contributed by atoms with Crippen LogP contribution in [-0.2, 0) is 4.74 Å². The highest BCUT2D eigenvalue weighted by Gasteiger charge is 2.02. The molecule has 0 amide bonds. The van der Waals surface area contributed by atoms with Crippen molar-refractivity contribution >= 4 is 5.69 Å². The van der Waals surface area contributed by atoms with Crippen LogP contribution in [0.5, 0.6) is 0 Å². The molecule has 0 atom stereocenters. The first-order valence-electron chi connectivity index (χ1n) is 6.81. The van der Waals surface area contributed by atoms with Crippen LogP contribution in [-0.4, -0.2) is 39.9 Å². The van der Waals surface area contributed by atoms with Gasteiger partial charge in [-0.2, -0.15) is 0 Å². The van der Waals surface area contributed by atoms with Crippen LogP contribution in [0.1, 0.15) is 18.9 Å². The summed E-state index contributed by atoms with van der Waals surface area (Å²) in [6, 6.07) is 8.50. The zero-order chi connectivity index (χ0) is 13.2. The summed E-state index contributed by atoms with van der Waals surface area (Å²) >= 11 is 0. The van der Waals surface area contributed by atoms with E-state index in [0.717, 1.165) is 39.3 Å². The van der Waals surface area contributed by atoms with Gasteiger partial charge >= 0.3 is 0 Å². The predicted molar refractivity (Wildman–Crippen MR) is 78.4 cm³/mol. The summed E-state index contributed by atoms with van der Waals surface area (Å²) in [6.07, 6.45) is 1.09. The average molecular weight is 250 g/mol. The quantitative estimate of drug-likeness (QED) is 0.681. The van der Waals surface area contributed by atoms with Gasteiger partial charge in [-0.1, -0.05) is 18.2 Å². The summed E-state index contributed by atoms with van der Waals surface area (Å²) in [5.41, 5.74) is 2.64. The third-order valence-electron chi connectivity index (χ3n) is 3.00. The molecule has 18 heavy (non-hydrogen) atoms. The Balaban J connectivity index is 2.14. The SMILES string of the molecule is CCOCCCNCCN(C)c1ccccc1C. The van der Waals surface area contributed by atoms with Crippen molar-refractivity contribution in [3.05, 3.63) is 29.8 Å². The van der Waals surface area contributed by atoms with Crippen LogP contribution >= 0.6 is 0 Å². The number of para-hydroxylation sites is 1. The van der Waals surface area contributed by atoms with Gasteiger partial charge in [0.25, 0.3) is 0 Å². The first kappa shape index (κ1) is 15.0. The summed E-state index contributed by atoms with van der Waals surface area (Å²) in [7, 11) is 2.14. The van der Waals surface area contributed by atoms with Crippen molar-refractivity contribution in [3.8, 4) is 0 Å². The van der Waals surface area contributed by atoms with Gasteiger partial charge in [-0.25, -0.2) is 0 Å². The lowest BCUT2D eigenvalue weighted by molar-refractivity contribution is 0.145. The smallest absolute Gasteiger partial charge is 0.0477 e. The lowest BCUT2D eigenvalue weighted by Gasteiger charge is -2.21. The molecule has 0 aliphatic heterocycles. The van der Waals surface area contributed by atoms with E-state index in [1.165, 1.54) is 11.3 Å². The van der Waals surface area contributed by atoms with Crippen molar-refractivity contribution in [2.24, 2.45) is 0 Å². The molecule has 0 bridgehead atoms. The zero-order valence-electron chi connectivity index (χ0n) is 11.9. The first-order chi connectivity index (χ1) is 8.75. The number of ether oxygens (including phenoxy) is 1. The maximum absolute atomic E-state index is 5.30. The predicted octanol–water partition coefficient (Wildman–Crippen LogP) is 2.45. The molecule has 0 radical (unpaired) electrons. The van der Waals surface area contributed by atoms with Gasteiger partial charge < -0.3 is 15.0 Å². The molecule has 1 N–H and O–H groups in total. The van der Waals surface area contributed by atoms with Crippen LogP contribution in [0, 0.1) is 6.92 Å². The standard InChI is InChI=1S/C15H26N2O/c1-4-18-13-7-10-16-11-12-17(3)15-9-6-5-8-14(15)2/h5-6,8-9,16H,4,7,10-13H2,1-3H3. The monoisotopic (exact) mass is 250 g/mol. The van der Waals surface area contributed by atoms with Gasteiger partial charge in [-0.05, 0) is 38.4 Å². The number of benzene rings is 1. The van der Waals surface area contributed by atoms with E-state index in [9.17, 15) is 0 Å². The summed E-state index contributed by atoms with van der Waals surface area (Å²) in [5, 5.41) is 3.44. The molecule has 0 aliphatic rings. The number of likely N-dealkylation sites (N-methyl/N-ethyl adjacent to an activating group) is 1. The van der Waals surface area contributed by atoms with E-state index in [2.05, 4.69) is 48.5 Å². The molecule has 1 aromatic carbocycles. The Morgan fingerprint density at radius 3 is 2.72 bits per heavy atom. The van der Waals surface area contributed by atoms with Gasteiger partial charge in [-0.3, -0.25) is 0 Å². The van der Waals surface area contributed by atoms with Gasteiger partial charge in [0.05, 0.1) is 0 Å². The number of hydrogen-bond acceptors (Lipinski definition) is 3. The number of anilines is 1. The molecule has 3 nitrogen and oxygen atoms in total. The van der Waals surface area contributed by atoms with Gasteiger partial charge in [0.1, 0.15) is 0 Å². The summed E-state index contributed by atoms with van der Waals surface area (Å²) in [4.78, 5) is 2.30. The molecule has 102 valence electrons. The molecular weight excluding hydrogens is 224 g/mol. The molecule has 0 aliphatic carbocycles. The summed E-state index contributed by atoms with van der Waals surface area (Å²) < 4.78 is 5.30. The number of nitrogens with one attached hydrogen (secondary N) is 1. The second kappa shape index (κ2) is 8.95. The first-order valence-corrected chi connectivity index (χ1v) is 6.81. The second-order valence-corrected chi connectivity index (χ2v) is 4.51. The third kappa shape index (κ3) is 5.52. The van der Waals surface area contributed by atoms with E-state index >= 15 is 0 Å². The number of hydrogen-bond donors (Lipinski definition) is 1. The largest absolute Gasteiger partial charge is 0.382 e. The van der Waals surface area contributed by atoms with Crippen molar-refractivity contribution in [1.82, 2.24) is 5.32 Å². The van der Waals surface area contributed by atoms with Crippen molar-refractivity contribution < 1.29 is 4.74 Å². The molecule has 0 saturated carbocycles. The molecule has 0 aromatic heterocycles. The highest BCUT2D eigenvalue weighted by molar-refractivity contribution is 5.52. The Hall–Kier alpha value is -1.06. The number of nitrogens with zero attached hydrogens (tertiary/aromatic N) is 1. The van der Waals surface area contributed by atoms with Crippen molar-refractivity contribution in [2.45, 2.75) is 20.3 Å². The Bertz CT molecular complexity index is 328. The van der Waals surface area contributed by atoms with Crippen LogP contribution in [0.4, 0.5) is 5.69 Å². The molecule has 0 fully saturated rings. The molecule has 0 heterocycles. The van der Waals surface area contributed by atoms with E-state index in [-0.39, 0.29) is 0 Å². The minimum Gasteiger partial charge on any atom is -0.382 e. The van der Waals surface area contributed by atoms with E-state index in [0.29, 0.717) is 0 Å². The third-order valence-corrected chi connectivity index (χ3v) is 3.00. The maximum Gasteiger partial charge on any atom is 0.0477 e. The molecule has 1 aromatic rings. The van der Waals surface area contributed by atoms with Crippen LogP contribution in [0.25, 0.3) is 0 Å². The number of rotatable bonds is 9. The molecule has 0 saturated heterocycles.